The Morgan fingerprint density at radius 3 is 2.45 bits per heavy atom. The van der Waals surface area contributed by atoms with Crippen molar-refractivity contribution < 1.29 is 17.6 Å². The van der Waals surface area contributed by atoms with E-state index in [2.05, 4.69) is 4.72 Å². The molecule has 7 heteroatoms. The van der Waals surface area contributed by atoms with Crippen molar-refractivity contribution in [2.75, 3.05) is 0 Å². The Morgan fingerprint density at radius 2 is 1.90 bits per heavy atom. The van der Waals surface area contributed by atoms with Crippen LogP contribution < -0.4 is 10.5 Å². The minimum atomic E-state index is -3.83. The number of carbonyl (C=O) groups is 1. The first-order valence-corrected chi connectivity index (χ1v) is 8.05. The first-order valence-electron chi connectivity index (χ1n) is 6.40. The molecule has 0 aromatic heterocycles. The smallest absolute Gasteiger partial charge is 0.238 e. The van der Waals surface area contributed by atoms with Crippen LogP contribution in [0.2, 0.25) is 0 Å². The van der Waals surface area contributed by atoms with Crippen LogP contribution in [-0.4, -0.2) is 19.9 Å². The zero-order valence-electron chi connectivity index (χ0n) is 10.9. The molecule has 0 spiro atoms. The van der Waals surface area contributed by atoms with Gasteiger partial charge in [-0.05, 0) is 18.9 Å². The molecule has 1 aliphatic carbocycles. The summed E-state index contributed by atoms with van der Waals surface area (Å²) in [6.07, 6.45) is 2.26. The lowest BCUT2D eigenvalue weighted by Gasteiger charge is -2.26. The summed E-state index contributed by atoms with van der Waals surface area (Å²) in [5.74, 6) is -1.76. The number of carbonyl (C=O) groups excluding carboxylic acids is 1. The minimum Gasteiger partial charge on any atom is -0.368 e. The van der Waals surface area contributed by atoms with E-state index in [4.69, 9.17) is 5.73 Å². The van der Waals surface area contributed by atoms with Gasteiger partial charge in [0.15, 0.2) is 0 Å². The topological polar surface area (TPSA) is 89.3 Å². The highest BCUT2D eigenvalue weighted by Gasteiger charge is 2.42. The quantitative estimate of drug-likeness (QED) is 0.851. The van der Waals surface area contributed by atoms with Crippen molar-refractivity contribution in [1.29, 1.82) is 0 Å². The number of sulfonamides is 1. The van der Waals surface area contributed by atoms with Gasteiger partial charge in [-0.25, -0.2) is 12.8 Å². The minimum absolute atomic E-state index is 0.0672. The van der Waals surface area contributed by atoms with Gasteiger partial charge in [0.2, 0.25) is 15.9 Å². The van der Waals surface area contributed by atoms with Crippen LogP contribution in [0.1, 0.15) is 31.2 Å². The number of nitrogens with two attached hydrogens (primary N) is 1. The molecule has 5 nitrogen and oxygen atoms in total. The Bertz CT molecular complexity index is 610. The Hall–Kier alpha value is -1.47. The van der Waals surface area contributed by atoms with Crippen molar-refractivity contribution in [2.45, 2.75) is 37.0 Å². The third-order valence-electron chi connectivity index (χ3n) is 3.58. The lowest BCUT2D eigenvalue weighted by atomic mass is 9.99. The van der Waals surface area contributed by atoms with Crippen molar-refractivity contribution in [1.82, 2.24) is 4.72 Å². The first-order chi connectivity index (χ1) is 9.35. The van der Waals surface area contributed by atoms with Gasteiger partial charge >= 0.3 is 0 Å². The van der Waals surface area contributed by atoms with Gasteiger partial charge in [0.1, 0.15) is 11.4 Å². The molecule has 1 fully saturated rings. The molecular weight excluding hydrogens is 283 g/mol. The monoisotopic (exact) mass is 300 g/mol. The zero-order valence-corrected chi connectivity index (χ0v) is 11.7. The average molecular weight is 300 g/mol. The fourth-order valence-electron chi connectivity index (χ4n) is 2.53. The Kier molecular flexibility index (Phi) is 4.10. The summed E-state index contributed by atoms with van der Waals surface area (Å²) in [5.41, 5.74) is 4.17. The molecule has 0 aliphatic heterocycles. The van der Waals surface area contributed by atoms with Gasteiger partial charge in [-0.3, -0.25) is 4.79 Å². The fraction of sp³-hybridized carbons (Fsp3) is 0.462. The van der Waals surface area contributed by atoms with Crippen LogP contribution in [0.5, 0.6) is 0 Å². The van der Waals surface area contributed by atoms with Gasteiger partial charge in [-0.15, -0.1) is 0 Å². The largest absolute Gasteiger partial charge is 0.368 e. The molecule has 1 aromatic carbocycles. The van der Waals surface area contributed by atoms with E-state index in [9.17, 15) is 17.6 Å². The molecule has 110 valence electrons. The molecule has 0 unspecified atom stereocenters. The van der Waals surface area contributed by atoms with Gasteiger partial charge in [-0.1, -0.05) is 31.0 Å². The van der Waals surface area contributed by atoms with Gasteiger partial charge in [0.25, 0.3) is 0 Å². The molecule has 3 N–H and O–H groups in total. The summed E-state index contributed by atoms with van der Waals surface area (Å²) in [5, 5.41) is 0. The van der Waals surface area contributed by atoms with Gasteiger partial charge < -0.3 is 5.73 Å². The van der Waals surface area contributed by atoms with Crippen molar-refractivity contribution in [3.63, 3.8) is 0 Å². The van der Waals surface area contributed by atoms with Crippen molar-refractivity contribution in [2.24, 2.45) is 5.73 Å². The summed E-state index contributed by atoms with van der Waals surface area (Å²) in [4.78, 5) is 11.5. The summed E-state index contributed by atoms with van der Waals surface area (Å²) in [7, 11) is -3.83. The van der Waals surface area contributed by atoms with E-state index < -0.39 is 33.0 Å². The molecule has 0 saturated heterocycles. The third kappa shape index (κ3) is 3.16. The summed E-state index contributed by atoms with van der Waals surface area (Å²) in [6.45, 7) is 0. The highest BCUT2D eigenvalue weighted by Crippen LogP contribution is 2.30. The number of primary amides is 1. The second-order valence-electron chi connectivity index (χ2n) is 5.11. The molecule has 0 heterocycles. The predicted octanol–water partition coefficient (Wildman–Crippen LogP) is 1.04. The zero-order chi connectivity index (χ0) is 14.8. The van der Waals surface area contributed by atoms with Crippen LogP contribution >= 0.6 is 0 Å². The van der Waals surface area contributed by atoms with E-state index in [0.29, 0.717) is 12.8 Å². The summed E-state index contributed by atoms with van der Waals surface area (Å²) < 4.78 is 40.1. The van der Waals surface area contributed by atoms with Crippen molar-refractivity contribution >= 4 is 15.9 Å². The lowest BCUT2D eigenvalue weighted by Crippen LogP contribution is -2.55. The lowest BCUT2D eigenvalue weighted by molar-refractivity contribution is -0.123. The van der Waals surface area contributed by atoms with Crippen LogP contribution in [0.4, 0.5) is 4.39 Å². The molecule has 1 saturated carbocycles. The van der Waals surface area contributed by atoms with Gasteiger partial charge in [-0.2, -0.15) is 4.72 Å². The molecule has 1 amide bonds. The summed E-state index contributed by atoms with van der Waals surface area (Å²) in [6, 6.07) is 5.65. The Morgan fingerprint density at radius 1 is 1.30 bits per heavy atom. The van der Waals surface area contributed by atoms with Crippen LogP contribution in [0.15, 0.2) is 24.3 Å². The molecular formula is C13H17FN2O3S. The maximum atomic E-state index is 13.5. The second-order valence-corrected chi connectivity index (χ2v) is 6.83. The molecule has 0 radical (unpaired) electrons. The average Bonchev–Trinajstić information content (AvgIpc) is 2.81. The van der Waals surface area contributed by atoms with E-state index in [1.54, 1.807) is 6.07 Å². The standard InChI is InChI=1S/C13H17FN2O3S/c14-11-6-2-1-5-10(11)9-20(18,19)16-13(12(15)17)7-3-4-8-13/h1-2,5-6,16H,3-4,7-9H2,(H2,15,17). The number of nitrogens with one attached hydrogen (secondary N) is 1. The number of benzene rings is 1. The molecule has 0 atom stereocenters. The molecule has 0 bridgehead atoms. The normalized spacial score (nSPS) is 18.1. The number of amides is 1. The number of rotatable bonds is 5. The maximum Gasteiger partial charge on any atom is 0.238 e. The predicted molar refractivity (Wildman–Crippen MR) is 72.6 cm³/mol. The SMILES string of the molecule is NC(=O)C1(NS(=O)(=O)Cc2ccccc2F)CCCC1. The van der Waals surface area contributed by atoms with E-state index in [1.165, 1.54) is 18.2 Å². The highest BCUT2D eigenvalue weighted by molar-refractivity contribution is 7.88. The Balaban J connectivity index is 2.19. The van der Waals surface area contributed by atoms with Crippen molar-refractivity contribution in [3.05, 3.63) is 35.6 Å². The molecule has 1 aliphatic rings. The Labute approximate surface area is 117 Å². The molecule has 2 rings (SSSR count). The number of halogens is 1. The van der Waals surface area contributed by atoms with Crippen molar-refractivity contribution in [3.8, 4) is 0 Å². The van der Waals surface area contributed by atoms with E-state index in [-0.39, 0.29) is 5.56 Å². The highest BCUT2D eigenvalue weighted by atomic mass is 32.2. The van der Waals surface area contributed by atoms with E-state index in [0.717, 1.165) is 12.8 Å². The molecule has 1 aromatic rings. The maximum absolute atomic E-state index is 13.5. The molecule has 20 heavy (non-hydrogen) atoms. The van der Waals surface area contributed by atoms with Crippen LogP contribution in [-0.2, 0) is 20.6 Å². The van der Waals surface area contributed by atoms with Crippen LogP contribution in [0, 0.1) is 5.82 Å². The van der Waals surface area contributed by atoms with Crippen LogP contribution in [0.3, 0.4) is 0 Å². The van der Waals surface area contributed by atoms with E-state index in [1.807, 2.05) is 0 Å². The summed E-state index contributed by atoms with van der Waals surface area (Å²) >= 11 is 0. The first kappa shape index (κ1) is 14.9. The van der Waals surface area contributed by atoms with Gasteiger partial charge in [0, 0.05) is 5.56 Å². The van der Waals surface area contributed by atoms with E-state index >= 15 is 0 Å². The third-order valence-corrected chi connectivity index (χ3v) is 4.98. The fourth-order valence-corrected chi connectivity index (χ4v) is 4.15. The number of hydrogen-bond acceptors (Lipinski definition) is 3. The van der Waals surface area contributed by atoms with Gasteiger partial charge in [0.05, 0.1) is 5.75 Å². The second kappa shape index (κ2) is 5.49. The van der Waals surface area contributed by atoms with Crippen LogP contribution in [0.25, 0.3) is 0 Å². The number of hydrogen-bond donors (Lipinski definition) is 2.